The van der Waals surface area contributed by atoms with Crippen molar-refractivity contribution in [3.05, 3.63) is 6.43 Å². The zero-order valence-corrected chi connectivity index (χ0v) is 6.43. The smallest absolute Gasteiger partial charge is 0.234 e. The summed E-state index contributed by atoms with van der Waals surface area (Å²) in [6.45, 7) is 0.721. The molecule has 7 heteroatoms. The molecule has 13 heavy (non-hydrogen) atoms. The van der Waals surface area contributed by atoms with Crippen LogP contribution in [-0.4, -0.2) is 18.0 Å². The van der Waals surface area contributed by atoms with Crippen molar-refractivity contribution < 1.29 is 30.7 Å². The van der Waals surface area contributed by atoms with Gasteiger partial charge in [-0.05, 0) is 0 Å². The fourth-order valence-corrected chi connectivity index (χ4v) is 0.540. The molecule has 0 fully saturated rings. The molecule has 79 valence electrons. The molecule has 0 aliphatic heterocycles. The predicted octanol–water partition coefficient (Wildman–Crippen LogP) is 3.43. The molecule has 0 amide bonds. The van der Waals surface area contributed by atoms with Crippen LogP contribution in [0.5, 0.6) is 0 Å². The average Bonchev–Trinajstić information content (AvgIpc) is 2.02. The van der Waals surface area contributed by atoms with Gasteiger partial charge >= 0.3 is 12.3 Å². The topological polar surface area (TPSA) is 0 Å². The molecular weight excluding hydrogens is 205 g/mol. The largest absolute Gasteiger partial charge is 0.381 e. The Balaban J connectivity index is 4.67. The third-order valence-corrected chi connectivity index (χ3v) is 1.41. The fraction of sp³-hybridized carbons (Fsp3) is 0.833. The summed E-state index contributed by atoms with van der Waals surface area (Å²) in [5, 5.41) is 0. The highest BCUT2D eigenvalue weighted by molar-refractivity contribution is 4.96. The van der Waals surface area contributed by atoms with Gasteiger partial charge in [0.15, 0.2) is 0 Å². The molecule has 0 aliphatic rings. The van der Waals surface area contributed by atoms with Crippen LogP contribution in [0.15, 0.2) is 0 Å². The van der Waals surface area contributed by atoms with Crippen LogP contribution in [0.2, 0.25) is 0 Å². The molecule has 0 aromatic carbocycles. The van der Waals surface area contributed by atoms with Gasteiger partial charge in [-0.3, -0.25) is 0 Å². The summed E-state index contributed by atoms with van der Waals surface area (Å²) in [5.74, 6) is -9.84. The second-order valence-corrected chi connectivity index (χ2v) is 2.36. The predicted molar refractivity (Wildman–Crippen MR) is 30.5 cm³/mol. The zero-order valence-electron chi connectivity index (χ0n) is 6.43. The van der Waals surface area contributed by atoms with Crippen molar-refractivity contribution in [2.75, 3.05) is 0 Å². The first kappa shape index (κ1) is 12.5. The van der Waals surface area contributed by atoms with Crippen molar-refractivity contribution in [3.8, 4) is 0 Å². The van der Waals surface area contributed by atoms with Gasteiger partial charge in [0.25, 0.3) is 5.92 Å². The quantitative estimate of drug-likeness (QED) is 0.625. The van der Waals surface area contributed by atoms with Crippen LogP contribution >= 0.6 is 0 Å². The van der Waals surface area contributed by atoms with E-state index in [2.05, 4.69) is 0 Å². The number of hydrogen-bond donors (Lipinski definition) is 0. The lowest BCUT2D eigenvalue weighted by atomic mass is 10.1. The summed E-state index contributed by atoms with van der Waals surface area (Å²) >= 11 is 0. The first-order valence-corrected chi connectivity index (χ1v) is 3.24. The van der Waals surface area contributed by atoms with E-state index in [9.17, 15) is 30.7 Å². The standard InChI is InChI=1S/C6H6F7/c1-2-5(10,11)3(7)6(12,13)4(8)9/h3H,2H2,1H3. The van der Waals surface area contributed by atoms with Crippen molar-refractivity contribution in [2.24, 2.45) is 0 Å². The normalized spacial score (nSPS) is 16.4. The van der Waals surface area contributed by atoms with Crippen molar-refractivity contribution in [3.63, 3.8) is 0 Å². The van der Waals surface area contributed by atoms with E-state index in [-0.39, 0.29) is 0 Å². The maximum atomic E-state index is 12.2. The summed E-state index contributed by atoms with van der Waals surface area (Å²) in [7, 11) is 0. The molecule has 1 unspecified atom stereocenters. The Bertz CT molecular complexity index is 164. The van der Waals surface area contributed by atoms with Crippen molar-refractivity contribution >= 4 is 0 Å². The minimum atomic E-state index is -5.39. The van der Waals surface area contributed by atoms with Gasteiger partial charge in [-0.15, -0.1) is 0 Å². The second kappa shape index (κ2) is 3.71. The van der Waals surface area contributed by atoms with E-state index in [0.717, 1.165) is 6.92 Å². The van der Waals surface area contributed by atoms with Crippen LogP contribution < -0.4 is 0 Å². The summed E-state index contributed by atoms with van der Waals surface area (Å²) < 4.78 is 83.2. The Hall–Kier alpha value is -0.490. The number of hydrogen-bond acceptors (Lipinski definition) is 0. The summed E-state index contributed by atoms with van der Waals surface area (Å²) in [4.78, 5) is 0. The number of rotatable bonds is 4. The first-order valence-electron chi connectivity index (χ1n) is 3.24. The Morgan fingerprint density at radius 1 is 1.15 bits per heavy atom. The van der Waals surface area contributed by atoms with Gasteiger partial charge in [-0.2, -0.15) is 17.6 Å². The molecule has 1 radical (unpaired) electrons. The van der Waals surface area contributed by atoms with E-state index in [0.29, 0.717) is 0 Å². The van der Waals surface area contributed by atoms with Gasteiger partial charge in [0, 0.05) is 6.42 Å². The highest BCUT2D eigenvalue weighted by Gasteiger charge is 2.61. The Morgan fingerprint density at radius 2 is 1.54 bits per heavy atom. The lowest BCUT2D eigenvalue weighted by molar-refractivity contribution is -0.198. The van der Waals surface area contributed by atoms with Gasteiger partial charge in [0.1, 0.15) is 0 Å². The number of halogens is 7. The fourth-order valence-electron chi connectivity index (χ4n) is 0.540. The summed E-state index contributed by atoms with van der Waals surface area (Å²) in [5.41, 5.74) is 0. The molecule has 0 rings (SSSR count). The van der Waals surface area contributed by atoms with Crippen LogP contribution in [0, 0.1) is 6.43 Å². The Kier molecular flexibility index (Phi) is 3.57. The Morgan fingerprint density at radius 3 is 1.77 bits per heavy atom. The zero-order chi connectivity index (χ0) is 10.9. The molecule has 0 aromatic rings. The molecule has 0 heterocycles. The Labute approximate surface area is 69.7 Å². The maximum absolute atomic E-state index is 12.2. The molecular formula is C6H6F7. The first-order chi connectivity index (χ1) is 5.66. The van der Waals surface area contributed by atoms with E-state index in [1.807, 2.05) is 0 Å². The van der Waals surface area contributed by atoms with E-state index < -0.39 is 30.9 Å². The van der Waals surface area contributed by atoms with Crippen LogP contribution in [0.1, 0.15) is 13.3 Å². The molecule has 0 aliphatic carbocycles. The van der Waals surface area contributed by atoms with Gasteiger partial charge in [0.05, 0.1) is 0 Å². The molecule has 0 bridgehead atoms. The van der Waals surface area contributed by atoms with E-state index >= 15 is 0 Å². The lowest BCUT2D eigenvalue weighted by Gasteiger charge is -2.25. The number of alkyl halides is 5. The van der Waals surface area contributed by atoms with Crippen LogP contribution in [0.4, 0.5) is 30.7 Å². The third-order valence-electron chi connectivity index (χ3n) is 1.41. The van der Waals surface area contributed by atoms with Crippen molar-refractivity contribution in [2.45, 2.75) is 31.4 Å². The SMILES string of the molecule is CCC(F)(F)C(F)C(F)(F)[C](F)F. The summed E-state index contributed by atoms with van der Waals surface area (Å²) in [6.07, 6.45) is -9.10. The second-order valence-electron chi connectivity index (χ2n) is 2.36. The van der Waals surface area contributed by atoms with E-state index in [1.54, 1.807) is 0 Å². The van der Waals surface area contributed by atoms with Gasteiger partial charge < -0.3 is 0 Å². The minimum absolute atomic E-state index is 0.721. The van der Waals surface area contributed by atoms with Crippen LogP contribution in [0.25, 0.3) is 0 Å². The minimum Gasteiger partial charge on any atom is -0.234 e. The van der Waals surface area contributed by atoms with Gasteiger partial charge in [0.2, 0.25) is 6.17 Å². The molecule has 0 nitrogen and oxygen atoms in total. The maximum Gasteiger partial charge on any atom is 0.381 e. The van der Waals surface area contributed by atoms with Crippen molar-refractivity contribution in [1.82, 2.24) is 0 Å². The molecule has 0 saturated carbocycles. The molecule has 0 saturated heterocycles. The van der Waals surface area contributed by atoms with Crippen molar-refractivity contribution in [1.29, 1.82) is 0 Å². The third kappa shape index (κ3) is 2.47. The molecule has 0 N–H and O–H groups in total. The molecule has 0 aromatic heterocycles. The molecule has 1 atom stereocenters. The monoisotopic (exact) mass is 211 g/mol. The average molecular weight is 211 g/mol. The van der Waals surface area contributed by atoms with Crippen LogP contribution in [-0.2, 0) is 0 Å². The lowest BCUT2D eigenvalue weighted by Crippen LogP contribution is -2.45. The van der Waals surface area contributed by atoms with Gasteiger partial charge in [-0.1, -0.05) is 6.92 Å². The van der Waals surface area contributed by atoms with E-state index in [4.69, 9.17) is 0 Å². The highest BCUT2D eigenvalue weighted by atomic mass is 19.3. The van der Waals surface area contributed by atoms with E-state index in [1.165, 1.54) is 0 Å². The van der Waals surface area contributed by atoms with Crippen LogP contribution in [0.3, 0.4) is 0 Å². The highest BCUT2D eigenvalue weighted by Crippen LogP contribution is 2.42. The summed E-state index contributed by atoms with van der Waals surface area (Å²) in [6, 6.07) is 0. The van der Waals surface area contributed by atoms with Gasteiger partial charge in [-0.25, -0.2) is 13.2 Å². The molecule has 0 spiro atoms.